The molecule has 0 fully saturated rings. The Labute approximate surface area is 105 Å². The highest BCUT2D eigenvalue weighted by molar-refractivity contribution is 5.20. The third kappa shape index (κ3) is 3.27. The van der Waals surface area contributed by atoms with Crippen LogP contribution in [0.15, 0.2) is 29.5 Å². The van der Waals surface area contributed by atoms with Gasteiger partial charge in [0.15, 0.2) is 5.82 Å². The van der Waals surface area contributed by atoms with Gasteiger partial charge in [0.05, 0.1) is 5.69 Å². The van der Waals surface area contributed by atoms with E-state index in [1.807, 2.05) is 6.20 Å². The Morgan fingerprint density at radius 1 is 1.39 bits per heavy atom. The lowest BCUT2D eigenvalue weighted by atomic mass is 10.1. The average molecular weight is 247 g/mol. The van der Waals surface area contributed by atoms with Gasteiger partial charge in [-0.15, -0.1) is 0 Å². The number of nitrogens with one attached hydrogen (secondary N) is 2. The summed E-state index contributed by atoms with van der Waals surface area (Å²) >= 11 is 0. The van der Waals surface area contributed by atoms with E-state index in [1.165, 1.54) is 6.07 Å². The largest absolute Gasteiger partial charge is 0.306 e. The van der Waals surface area contributed by atoms with E-state index in [0.29, 0.717) is 12.4 Å². The summed E-state index contributed by atoms with van der Waals surface area (Å²) in [5.74, 6) is 0.643. The van der Waals surface area contributed by atoms with Crippen LogP contribution in [0.3, 0.4) is 0 Å². The molecule has 0 aliphatic rings. The Morgan fingerprint density at radius 3 is 2.78 bits per heavy atom. The van der Waals surface area contributed by atoms with Crippen molar-refractivity contribution in [2.24, 2.45) is 0 Å². The van der Waals surface area contributed by atoms with E-state index in [1.54, 1.807) is 17.0 Å². The van der Waals surface area contributed by atoms with E-state index >= 15 is 0 Å². The summed E-state index contributed by atoms with van der Waals surface area (Å²) in [6.45, 7) is 7.01. The number of hydrogen-bond donors (Lipinski definition) is 2. The normalized spacial score (nSPS) is 11.7. The second-order valence-corrected chi connectivity index (χ2v) is 5.16. The lowest BCUT2D eigenvalue weighted by molar-refractivity contribution is 0.421. The van der Waals surface area contributed by atoms with E-state index in [9.17, 15) is 4.79 Å². The molecule has 0 aliphatic heterocycles. The third-order valence-electron chi connectivity index (χ3n) is 2.36. The van der Waals surface area contributed by atoms with Crippen molar-refractivity contribution in [2.75, 3.05) is 0 Å². The Bertz CT molecular complexity index is 558. The van der Waals surface area contributed by atoms with Crippen LogP contribution in [0, 0.1) is 0 Å². The fraction of sp³-hybridized carbons (Fsp3) is 0.417. The third-order valence-corrected chi connectivity index (χ3v) is 2.36. The summed E-state index contributed by atoms with van der Waals surface area (Å²) in [6.07, 6.45) is 3.57. The molecule has 0 saturated heterocycles. The highest BCUT2D eigenvalue weighted by atomic mass is 16.1. The van der Waals surface area contributed by atoms with Crippen molar-refractivity contribution in [1.82, 2.24) is 25.1 Å². The maximum Gasteiger partial charge on any atom is 0.264 e. The van der Waals surface area contributed by atoms with Crippen LogP contribution >= 0.6 is 0 Å². The van der Waals surface area contributed by atoms with Gasteiger partial charge in [0.25, 0.3) is 5.56 Å². The van der Waals surface area contributed by atoms with Crippen LogP contribution in [0.2, 0.25) is 0 Å². The molecule has 2 rings (SSSR count). The molecule has 0 spiro atoms. The molecule has 2 aromatic rings. The first kappa shape index (κ1) is 12.5. The lowest BCUT2D eigenvalue weighted by Crippen LogP contribution is -2.35. The highest BCUT2D eigenvalue weighted by Crippen LogP contribution is 2.05. The second kappa shape index (κ2) is 4.73. The van der Waals surface area contributed by atoms with Gasteiger partial charge in [-0.1, -0.05) is 0 Å². The molecule has 6 heteroatoms. The van der Waals surface area contributed by atoms with Gasteiger partial charge >= 0.3 is 0 Å². The number of aromatic amines is 1. The first-order chi connectivity index (χ1) is 8.44. The molecule has 2 heterocycles. The molecule has 0 bridgehead atoms. The number of aromatic nitrogens is 4. The molecule has 0 aromatic carbocycles. The number of rotatable bonds is 3. The zero-order valence-electron chi connectivity index (χ0n) is 10.8. The fourth-order valence-electron chi connectivity index (χ4n) is 1.42. The first-order valence-electron chi connectivity index (χ1n) is 5.78. The summed E-state index contributed by atoms with van der Waals surface area (Å²) in [5, 5.41) is 9.69. The molecule has 0 saturated carbocycles. The number of H-pyrrole nitrogens is 1. The second-order valence-electron chi connectivity index (χ2n) is 5.16. The van der Waals surface area contributed by atoms with Crippen LogP contribution in [0.5, 0.6) is 0 Å². The van der Waals surface area contributed by atoms with Crippen LogP contribution < -0.4 is 10.9 Å². The van der Waals surface area contributed by atoms with E-state index in [4.69, 9.17) is 0 Å². The Kier molecular flexibility index (Phi) is 3.29. The van der Waals surface area contributed by atoms with Gasteiger partial charge in [-0.05, 0) is 26.8 Å². The van der Waals surface area contributed by atoms with Crippen LogP contribution in [0.1, 0.15) is 26.5 Å². The molecule has 6 nitrogen and oxygen atoms in total. The summed E-state index contributed by atoms with van der Waals surface area (Å²) < 4.78 is 1.77. The maximum atomic E-state index is 10.9. The molecular weight excluding hydrogens is 230 g/mol. The summed E-state index contributed by atoms with van der Waals surface area (Å²) in [7, 11) is 0. The molecular formula is C12H17N5O. The van der Waals surface area contributed by atoms with Crippen molar-refractivity contribution >= 4 is 0 Å². The predicted molar refractivity (Wildman–Crippen MR) is 68.6 cm³/mol. The van der Waals surface area contributed by atoms with Gasteiger partial charge in [0.2, 0.25) is 0 Å². The van der Waals surface area contributed by atoms with Crippen molar-refractivity contribution in [2.45, 2.75) is 32.9 Å². The minimum absolute atomic E-state index is 0.0556. The first-order valence-corrected chi connectivity index (χ1v) is 5.78. The minimum Gasteiger partial charge on any atom is -0.306 e. The van der Waals surface area contributed by atoms with Crippen LogP contribution in [0.25, 0.3) is 5.82 Å². The van der Waals surface area contributed by atoms with Gasteiger partial charge < -0.3 is 5.32 Å². The number of hydrogen-bond acceptors (Lipinski definition) is 4. The topological polar surface area (TPSA) is 75.6 Å². The molecule has 2 aromatic heterocycles. The quantitative estimate of drug-likeness (QED) is 0.843. The average Bonchev–Trinajstić information content (AvgIpc) is 2.75. The highest BCUT2D eigenvalue weighted by Gasteiger charge is 2.09. The van der Waals surface area contributed by atoms with Crippen molar-refractivity contribution in [3.8, 4) is 5.82 Å². The number of nitrogens with zero attached hydrogens (tertiary/aromatic N) is 3. The summed E-state index contributed by atoms with van der Waals surface area (Å²) in [6, 6.07) is 3.09. The molecule has 0 aliphatic carbocycles. The summed E-state index contributed by atoms with van der Waals surface area (Å²) in [4.78, 5) is 15.2. The van der Waals surface area contributed by atoms with Crippen molar-refractivity contribution in [3.63, 3.8) is 0 Å². The van der Waals surface area contributed by atoms with Gasteiger partial charge in [0, 0.05) is 24.3 Å². The van der Waals surface area contributed by atoms with Crippen LogP contribution in [-0.2, 0) is 6.54 Å². The molecule has 0 amide bonds. The van der Waals surface area contributed by atoms with Gasteiger partial charge in [-0.3, -0.25) is 9.36 Å². The monoisotopic (exact) mass is 247 g/mol. The zero-order chi connectivity index (χ0) is 13.2. The minimum atomic E-state index is -0.214. The van der Waals surface area contributed by atoms with E-state index in [2.05, 4.69) is 41.3 Å². The van der Waals surface area contributed by atoms with Crippen molar-refractivity contribution in [3.05, 3.63) is 40.7 Å². The maximum absolute atomic E-state index is 10.9. The van der Waals surface area contributed by atoms with Crippen molar-refractivity contribution < 1.29 is 0 Å². The predicted octanol–water partition coefficient (Wildman–Crippen LogP) is 0.844. The molecule has 0 radical (unpaired) electrons. The van der Waals surface area contributed by atoms with E-state index in [-0.39, 0.29) is 11.1 Å². The Balaban J connectivity index is 2.10. The van der Waals surface area contributed by atoms with Crippen molar-refractivity contribution in [1.29, 1.82) is 0 Å². The fourth-order valence-corrected chi connectivity index (χ4v) is 1.42. The standard InChI is InChI=1S/C12H17N5O/c1-12(2,3)14-6-9-7-17(8-13-9)10-4-5-11(18)16-15-10/h4-5,7-8,14H,6H2,1-3H3,(H,16,18). The molecule has 0 atom stereocenters. The molecule has 2 N–H and O–H groups in total. The van der Waals surface area contributed by atoms with Gasteiger partial charge in [0.1, 0.15) is 6.33 Å². The lowest BCUT2D eigenvalue weighted by Gasteiger charge is -2.19. The van der Waals surface area contributed by atoms with Gasteiger partial charge in [-0.25, -0.2) is 10.1 Å². The van der Waals surface area contributed by atoms with E-state index in [0.717, 1.165) is 5.69 Å². The molecule has 0 unspecified atom stereocenters. The van der Waals surface area contributed by atoms with E-state index < -0.39 is 0 Å². The zero-order valence-corrected chi connectivity index (χ0v) is 10.8. The smallest absolute Gasteiger partial charge is 0.264 e. The Hall–Kier alpha value is -1.95. The van der Waals surface area contributed by atoms with Gasteiger partial charge in [-0.2, -0.15) is 5.10 Å². The SMILES string of the molecule is CC(C)(C)NCc1cn(-c2ccc(=O)[nH]n2)cn1. The van der Waals surface area contributed by atoms with Crippen LogP contribution in [0.4, 0.5) is 0 Å². The Morgan fingerprint density at radius 2 is 2.17 bits per heavy atom. The molecule has 18 heavy (non-hydrogen) atoms. The summed E-state index contributed by atoms with van der Waals surface area (Å²) in [5.41, 5.74) is 0.770. The van der Waals surface area contributed by atoms with Crippen LogP contribution in [-0.4, -0.2) is 25.3 Å². The molecule has 96 valence electrons. The number of imidazole rings is 1.